The molecule has 4 aliphatic rings. The van der Waals surface area contributed by atoms with Gasteiger partial charge in [0.15, 0.2) is 0 Å². The Hall–Kier alpha value is -0.990. The highest BCUT2D eigenvalue weighted by Crippen LogP contribution is 2.58. The van der Waals surface area contributed by atoms with Crippen molar-refractivity contribution in [2.24, 2.45) is 17.8 Å². The Balaban J connectivity index is 1.84. The summed E-state index contributed by atoms with van der Waals surface area (Å²) < 4.78 is 2.17. The largest absolute Gasteiger partial charge is 0.326 e. The SMILES string of the molecule is CC(C)c1c[nH]c(=O)n1C12CC3CC(CC(C3)C1)C2. The molecule has 1 aromatic heterocycles. The van der Waals surface area contributed by atoms with E-state index in [2.05, 4.69) is 23.4 Å². The van der Waals surface area contributed by atoms with E-state index in [0.717, 1.165) is 17.8 Å². The summed E-state index contributed by atoms with van der Waals surface area (Å²) in [6, 6.07) is 0. The van der Waals surface area contributed by atoms with Crippen molar-refractivity contribution in [2.45, 2.75) is 63.8 Å². The molecule has 3 heteroatoms. The molecule has 19 heavy (non-hydrogen) atoms. The fourth-order valence-corrected chi connectivity index (χ4v) is 5.63. The molecule has 0 atom stereocenters. The molecular formula is C16H24N2O. The van der Waals surface area contributed by atoms with Crippen molar-refractivity contribution in [1.82, 2.24) is 9.55 Å². The lowest BCUT2D eigenvalue weighted by atomic mass is 9.53. The quantitative estimate of drug-likeness (QED) is 0.871. The maximum Gasteiger partial charge on any atom is 0.326 e. The Morgan fingerprint density at radius 3 is 2.16 bits per heavy atom. The van der Waals surface area contributed by atoms with Gasteiger partial charge in [-0.3, -0.25) is 4.57 Å². The van der Waals surface area contributed by atoms with Crippen LogP contribution in [0.5, 0.6) is 0 Å². The van der Waals surface area contributed by atoms with Gasteiger partial charge in [0.2, 0.25) is 0 Å². The number of hydrogen-bond acceptors (Lipinski definition) is 1. The number of nitrogens with zero attached hydrogens (tertiary/aromatic N) is 1. The first kappa shape index (κ1) is 11.8. The lowest BCUT2D eigenvalue weighted by Gasteiger charge is -2.57. The maximum absolute atomic E-state index is 12.4. The molecule has 5 rings (SSSR count). The molecule has 0 aliphatic heterocycles. The number of nitrogens with one attached hydrogen (secondary N) is 1. The van der Waals surface area contributed by atoms with Crippen LogP contribution in [0, 0.1) is 17.8 Å². The molecule has 4 fully saturated rings. The van der Waals surface area contributed by atoms with Gasteiger partial charge in [0.1, 0.15) is 0 Å². The minimum atomic E-state index is 0.130. The topological polar surface area (TPSA) is 37.8 Å². The Labute approximate surface area is 114 Å². The number of imidazole rings is 1. The number of aromatic nitrogens is 2. The third-order valence-electron chi connectivity index (χ3n) is 5.88. The molecular weight excluding hydrogens is 236 g/mol. The molecule has 4 aliphatic carbocycles. The zero-order chi connectivity index (χ0) is 13.2. The van der Waals surface area contributed by atoms with E-state index >= 15 is 0 Å². The molecule has 0 saturated heterocycles. The van der Waals surface area contributed by atoms with Gasteiger partial charge < -0.3 is 4.98 Å². The molecule has 1 aromatic rings. The highest BCUT2D eigenvalue weighted by Gasteiger charge is 2.53. The normalized spacial score (nSPS) is 40.3. The second-order valence-corrected chi connectivity index (χ2v) is 7.65. The van der Waals surface area contributed by atoms with E-state index in [1.807, 2.05) is 6.20 Å². The predicted molar refractivity (Wildman–Crippen MR) is 75.3 cm³/mol. The number of hydrogen-bond donors (Lipinski definition) is 1. The molecule has 1 heterocycles. The van der Waals surface area contributed by atoms with Gasteiger partial charge >= 0.3 is 5.69 Å². The molecule has 104 valence electrons. The summed E-state index contributed by atoms with van der Waals surface area (Å²) in [6.45, 7) is 4.39. The van der Waals surface area contributed by atoms with Gasteiger partial charge in [0, 0.05) is 11.9 Å². The van der Waals surface area contributed by atoms with Crippen LogP contribution in [0.25, 0.3) is 0 Å². The second kappa shape index (κ2) is 3.77. The Morgan fingerprint density at radius 1 is 1.16 bits per heavy atom. The highest BCUT2D eigenvalue weighted by molar-refractivity contribution is 5.13. The second-order valence-electron chi connectivity index (χ2n) is 7.65. The summed E-state index contributed by atoms with van der Waals surface area (Å²) >= 11 is 0. The van der Waals surface area contributed by atoms with Crippen molar-refractivity contribution in [1.29, 1.82) is 0 Å². The first-order chi connectivity index (χ1) is 9.07. The van der Waals surface area contributed by atoms with E-state index in [1.165, 1.54) is 44.2 Å². The van der Waals surface area contributed by atoms with Crippen LogP contribution in [0.15, 0.2) is 11.0 Å². The van der Waals surface area contributed by atoms with Gasteiger partial charge in [-0.1, -0.05) is 13.8 Å². The summed E-state index contributed by atoms with van der Waals surface area (Å²) in [5, 5.41) is 0. The van der Waals surface area contributed by atoms with Crippen LogP contribution in [-0.4, -0.2) is 9.55 Å². The van der Waals surface area contributed by atoms with Crippen molar-refractivity contribution in [2.75, 3.05) is 0 Å². The monoisotopic (exact) mass is 260 g/mol. The Kier molecular flexibility index (Phi) is 2.34. The third kappa shape index (κ3) is 1.60. The minimum absolute atomic E-state index is 0.130. The third-order valence-corrected chi connectivity index (χ3v) is 5.88. The van der Waals surface area contributed by atoms with E-state index in [4.69, 9.17) is 0 Å². The standard InChI is InChI=1S/C16H24N2O/c1-10(2)14-9-17-15(19)18(14)16-6-11-3-12(7-16)5-13(4-11)8-16/h9-13H,3-8H2,1-2H3,(H,17,19). The summed E-state index contributed by atoms with van der Waals surface area (Å²) in [5.41, 5.74) is 1.50. The molecule has 1 N–H and O–H groups in total. The molecule has 0 unspecified atom stereocenters. The predicted octanol–water partition coefficient (Wildman–Crippen LogP) is 3.23. The summed E-state index contributed by atoms with van der Waals surface area (Å²) in [7, 11) is 0. The van der Waals surface area contributed by atoms with Gasteiger partial charge in [0.05, 0.1) is 5.54 Å². The highest BCUT2D eigenvalue weighted by atomic mass is 16.1. The summed E-state index contributed by atoms with van der Waals surface area (Å²) in [6.07, 6.45) is 9.97. The fourth-order valence-electron chi connectivity index (χ4n) is 5.63. The average molecular weight is 260 g/mol. The van der Waals surface area contributed by atoms with E-state index in [9.17, 15) is 4.79 Å². The molecule has 0 radical (unpaired) electrons. The first-order valence-electron chi connectivity index (χ1n) is 7.88. The molecule has 0 amide bonds. The van der Waals surface area contributed by atoms with Crippen molar-refractivity contribution in [3.05, 3.63) is 22.4 Å². The van der Waals surface area contributed by atoms with Gasteiger partial charge in [0.25, 0.3) is 0 Å². The van der Waals surface area contributed by atoms with Crippen LogP contribution in [0.2, 0.25) is 0 Å². The molecule has 4 bridgehead atoms. The van der Waals surface area contributed by atoms with Gasteiger partial charge in [-0.25, -0.2) is 4.79 Å². The van der Waals surface area contributed by atoms with E-state index in [1.54, 1.807) is 0 Å². The van der Waals surface area contributed by atoms with E-state index in [-0.39, 0.29) is 11.2 Å². The molecule has 3 nitrogen and oxygen atoms in total. The maximum atomic E-state index is 12.4. The summed E-state index contributed by atoms with van der Waals surface area (Å²) in [4.78, 5) is 15.3. The Bertz CT molecular complexity index is 516. The van der Waals surface area contributed by atoms with Crippen LogP contribution in [0.1, 0.15) is 64.0 Å². The van der Waals surface area contributed by atoms with Gasteiger partial charge in [-0.15, -0.1) is 0 Å². The Morgan fingerprint density at radius 2 is 1.68 bits per heavy atom. The lowest BCUT2D eigenvalue weighted by molar-refractivity contribution is -0.0461. The van der Waals surface area contributed by atoms with Crippen LogP contribution in [-0.2, 0) is 5.54 Å². The zero-order valence-corrected chi connectivity index (χ0v) is 12.0. The van der Waals surface area contributed by atoms with Gasteiger partial charge in [-0.2, -0.15) is 0 Å². The van der Waals surface area contributed by atoms with Crippen molar-refractivity contribution in [3.8, 4) is 0 Å². The smallest absolute Gasteiger partial charge is 0.312 e. The molecule has 4 saturated carbocycles. The number of rotatable bonds is 2. The van der Waals surface area contributed by atoms with Crippen molar-refractivity contribution < 1.29 is 0 Å². The van der Waals surface area contributed by atoms with Crippen LogP contribution in [0.3, 0.4) is 0 Å². The van der Waals surface area contributed by atoms with Crippen molar-refractivity contribution in [3.63, 3.8) is 0 Å². The van der Waals surface area contributed by atoms with Crippen molar-refractivity contribution >= 4 is 0 Å². The lowest BCUT2D eigenvalue weighted by Crippen LogP contribution is -2.54. The summed E-state index contributed by atoms with van der Waals surface area (Å²) in [5.74, 6) is 3.07. The van der Waals surface area contributed by atoms with E-state index in [0.29, 0.717) is 5.92 Å². The fraction of sp³-hybridized carbons (Fsp3) is 0.812. The van der Waals surface area contributed by atoms with E-state index < -0.39 is 0 Å². The molecule has 0 spiro atoms. The zero-order valence-electron chi connectivity index (χ0n) is 12.0. The average Bonchev–Trinajstić information content (AvgIpc) is 2.70. The first-order valence-corrected chi connectivity index (χ1v) is 7.88. The number of H-pyrrole nitrogens is 1. The van der Waals surface area contributed by atoms with Gasteiger partial charge in [-0.05, 0) is 62.2 Å². The van der Waals surface area contributed by atoms with Crippen LogP contribution in [0.4, 0.5) is 0 Å². The number of aromatic amines is 1. The van der Waals surface area contributed by atoms with Crippen LogP contribution >= 0.6 is 0 Å². The van der Waals surface area contributed by atoms with Crippen LogP contribution < -0.4 is 5.69 Å². The minimum Gasteiger partial charge on any atom is -0.312 e. The molecule has 0 aromatic carbocycles.